The van der Waals surface area contributed by atoms with Gasteiger partial charge in [-0.05, 0) is 50.2 Å². The minimum Gasteiger partial charge on any atom is -0.507 e. The van der Waals surface area contributed by atoms with Gasteiger partial charge in [-0.15, -0.1) is 0 Å². The molecule has 0 heterocycles. The van der Waals surface area contributed by atoms with Crippen molar-refractivity contribution in [3.05, 3.63) is 41.5 Å². The number of hydrogen-bond donors (Lipinski definition) is 2. The summed E-state index contributed by atoms with van der Waals surface area (Å²) in [5, 5.41) is 18.9. The summed E-state index contributed by atoms with van der Waals surface area (Å²) < 4.78 is 0. The third-order valence-corrected chi connectivity index (χ3v) is 4.80. The Morgan fingerprint density at radius 2 is 1.46 bits per heavy atom. The summed E-state index contributed by atoms with van der Waals surface area (Å²) in [4.78, 5) is 11.2. The van der Waals surface area contributed by atoms with Crippen LogP contribution in [0.2, 0.25) is 0 Å². The minimum atomic E-state index is -1.04. The summed E-state index contributed by atoms with van der Waals surface area (Å²) in [6.07, 6.45) is 20.2. The lowest BCUT2D eigenvalue weighted by atomic mass is 9.99. The second-order valence-electron chi connectivity index (χ2n) is 7.10. The van der Waals surface area contributed by atoms with Gasteiger partial charge in [-0.3, -0.25) is 0 Å². The summed E-state index contributed by atoms with van der Waals surface area (Å²) in [7, 11) is 0. The number of aromatic carboxylic acids is 1. The molecule has 0 aliphatic rings. The van der Waals surface area contributed by atoms with Crippen LogP contribution in [0.15, 0.2) is 30.4 Å². The quantitative estimate of drug-likeness (QED) is 0.264. The number of hydrogen-bond acceptors (Lipinski definition) is 2. The van der Waals surface area contributed by atoms with Crippen LogP contribution in [0.25, 0.3) is 0 Å². The lowest BCUT2D eigenvalue weighted by Gasteiger charge is -2.07. The number of rotatable bonds is 15. The first kappa shape index (κ1) is 22.3. The fourth-order valence-electron chi connectivity index (χ4n) is 3.25. The third-order valence-electron chi connectivity index (χ3n) is 4.80. The van der Waals surface area contributed by atoms with Crippen molar-refractivity contribution < 1.29 is 15.0 Å². The minimum absolute atomic E-state index is 0.0639. The normalized spacial score (nSPS) is 11.3. The summed E-state index contributed by atoms with van der Waals surface area (Å²) in [5.74, 6) is -1.18. The van der Waals surface area contributed by atoms with Crippen molar-refractivity contribution in [2.75, 3.05) is 0 Å². The Morgan fingerprint density at radius 1 is 0.885 bits per heavy atom. The molecule has 1 aromatic carbocycles. The molecule has 0 aromatic heterocycles. The zero-order chi connectivity index (χ0) is 19.0. The molecule has 0 aliphatic carbocycles. The van der Waals surface area contributed by atoms with Crippen LogP contribution in [0, 0.1) is 0 Å². The molecule has 0 saturated carbocycles. The van der Waals surface area contributed by atoms with Crippen molar-refractivity contribution in [2.45, 2.75) is 90.4 Å². The first-order valence-electron chi connectivity index (χ1n) is 10.4. The first-order valence-corrected chi connectivity index (χ1v) is 10.4. The second kappa shape index (κ2) is 14.4. The van der Waals surface area contributed by atoms with Crippen molar-refractivity contribution in [1.82, 2.24) is 0 Å². The lowest BCUT2D eigenvalue weighted by molar-refractivity contribution is 0.0692. The van der Waals surface area contributed by atoms with Crippen LogP contribution in [0.3, 0.4) is 0 Å². The lowest BCUT2D eigenvalue weighted by Crippen LogP contribution is -2.03. The van der Waals surface area contributed by atoms with Crippen LogP contribution in [0.5, 0.6) is 5.75 Å². The van der Waals surface area contributed by atoms with Gasteiger partial charge in [0.15, 0.2) is 0 Å². The number of carboxylic acids is 1. The zero-order valence-corrected chi connectivity index (χ0v) is 16.4. The molecule has 1 aromatic rings. The monoisotopic (exact) mass is 360 g/mol. The van der Waals surface area contributed by atoms with E-state index in [1.807, 2.05) is 0 Å². The molecule has 0 fully saturated rings. The van der Waals surface area contributed by atoms with Crippen molar-refractivity contribution >= 4 is 5.97 Å². The maximum atomic E-state index is 11.2. The number of aryl methyl sites for hydroxylation is 1. The number of phenols is 1. The number of unbranched alkanes of at least 4 members (excludes halogenated alkanes) is 10. The Kier molecular flexibility index (Phi) is 12.3. The molecule has 0 saturated heterocycles. The van der Waals surface area contributed by atoms with Crippen LogP contribution in [-0.4, -0.2) is 16.2 Å². The van der Waals surface area contributed by atoms with E-state index in [4.69, 9.17) is 0 Å². The topological polar surface area (TPSA) is 57.5 Å². The third kappa shape index (κ3) is 9.65. The molecule has 0 unspecified atom stereocenters. The summed E-state index contributed by atoms with van der Waals surface area (Å²) in [5.41, 5.74) is 0.801. The fraction of sp³-hybridized carbons (Fsp3) is 0.609. The van der Waals surface area contributed by atoms with Crippen LogP contribution >= 0.6 is 0 Å². The second-order valence-corrected chi connectivity index (χ2v) is 7.10. The Morgan fingerprint density at radius 3 is 2.08 bits per heavy atom. The zero-order valence-electron chi connectivity index (χ0n) is 16.4. The highest BCUT2D eigenvalue weighted by Gasteiger charge is 2.14. The van der Waals surface area contributed by atoms with Crippen LogP contribution in [-0.2, 0) is 6.42 Å². The van der Waals surface area contributed by atoms with Crippen LogP contribution < -0.4 is 0 Å². The summed E-state index contributed by atoms with van der Waals surface area (Å²) in [6.45, 7) is 2.25. The molecular weight excluding hydrogens is 324 g/mol. The predicted octanol–water partition coefficient (Wildman–Crippen LogP) is 6.89. The highest BCUT2D eigenvalue weighted by atomic mass is 16.4. The number of aromatic hydroxyl groups is 1. The molecular formula is C23H36O3. The molecule has 0 atom stereocenters. The maximum absolute atomic E-state index is 11.2. The number of allylic oxidation sites excluding steroid dienone is 2. The van der Waals surface area contributed by atoms with Gasteiger partial charge >= 0.3 is 5.97 Å². The van der Waals surface area contributed by atoms with Crippen LogP contribution in [0.1, 0.15) is 99.9 Å². The molecule has 0 spiro atoms. The molecule has 0 aliphatic heterocycles. The molecule has 2 N–H and O–H groups in total. The first-order chi connectivity index (χ1) is 12.7. The molecule has 3 nitrogen and oxygen atoms in total. The standard InChI is InChI=1S/C23H36O3/c1-2-3-4-5-6-7-8-9-10-11-12-13-14-15-17-20-18-16-19-21(24)22(20)23(25)26/h7-8,16,18-19,24H,2-6,9-15,17H2,1H3,(H,25,26). The average Bonchev–Trinajstić information content (AvgIpc) is 2.61. The van der Waals surface area contributed by atoms with Crippen molar-refractivity contribution in [3.8, 4) is 5.75 Å². The Balaban J connectivity index is 2.03. The van der Waals surface area contributed by atoms with Crippen molar-refractivity contribution in [3.63, 3.8) is 0 Å². The van der Waals surface area contributed by atoms with E-state index in [2.05, 4.69) is 19.1 Å². The SMILES string of the molecule is CCCCCCC=CCCCCCCCCc1cccc(O)c1C(=O)O. The van der Waals surface area contributed by atoms with E-state index in [0.29, 0.717) is 0 Å². The molecule has 146 valence electrons. The fourth-order valence-corrected chi connectivity index (χ4v) is 3.25. The highest BCUT2D eigenvalue weighted by molar-refractivity contribution is 5.92. The Bertz CT molecular complexity index is 534. The van der Waals surface area contributed by atoms with Gasteiger partial charge in [-0.1, -0.05) is 76.2 Å². The van der Waals surface area contributed by atoms with Gasteiger partial charge in [-0.25, -0.2) is 4.79 Å². The van der Waals surface area contributed by atoms with Gasteiger partial charge in [-0.2, -0.15) is 0 Å². The predicted molar refractivity (Wildman–Crippen MR) is 109 cm³/mol. The van der Waals surface area contributed by atoms with E-state index in [0.717, 1.165) is 24.8 Å². The number of benzene rings is 1. The van der Waals surface area contributed by atoms with Gasteiger partial charge < -0.3 is 10.2 Å². The molecule has 3 heteroatoms. The number of carboxylic acid groups (broad SMARTS) is 1. The van der Waals surface area contributed by atoms with Crippen molar-refractivity contribution in [2.24, 2.45) is 0 Å². The molecule has 0 bridgehead atoms. The van der Waals surface area contributed by atoms with Crippen molar-refractivity contribution in [1.29, 1.82) is 0 Å². The molecule has 1 rings (SSSR count). The number of carbonyl (C=O) groups is 1. The van der Waals surface area contributed by atoms with E-state index in [1.165, 1.54) is 70.3 Å². The van der Waals surface area contributed by atoms with Gasteiger partial charge in [0.1, 0.15) is 11.3 Å². The average molecular weight is 361 g/mol. The van der Waals surface area contributed by atoms with Gasteiger partial charge in [0.05, 0.1) is 0 Å². The van der Waals surface area contributed by atoms with Crippen LogP contribution in [0.4, 0.5) is 0 Å². The maximum Gasteiger partial charge on any atom is 0.339 e. The van der Waals surface area contributed by atoms with E-state index in [-0.39, 0.29) is 11.3 Å². The van der Waals surface area contributed by atoms with Gasteiger partial charge in [0.25, 0.3) is 0 Å². The summed E-state index contributed by atoms with van der Waals surface area (Å²) in [6, 6.07) is 4.96. The van der Waals surface area contributed by atoms with Gasteiger partial charge in [0.2, 0.25) is 0 Å². The largest absolute Gasteiger partial charge is 0.507 e. The summed E-state index contributed by atoms with van der Waals surface area (Å²) >= 11 is 0. The Hall–Kier alpha value is -1.77. The molecule has 0 radical (unpaired) electrons. The van der Waals surface area contributed by atoms with Gasteiger partial charge in [0, 0.05) is 0 Å². The molecule has 26 heavy (non-hydrogen) atoms. The van der Waals surface area contributed by atoms with E-state index >= 15 is 0 Å². The van der Waals surface area contributed by atoms with E-state index in [1.54, 1.807) is 12.1 Å². The highest BCUT2D eigenvalue weighted by Crippen LogP contribution is 2.23. The molecule has 0 amide bonds. The van der Waals surface area contributed by atoms with E-state index < -0.39 is 5.97 Å². The van der Waals surface area contributed by atoms with E-state index in [9.17, 15) is 15.0 Å². The smallest absolute Gasteiger partial charge is 0.339 e. The Labute approximate surface area is 159 Å².